The molecule has 0 fully saturated rings. The normalized spacial score (nSPS) is 11.6. The maximum absolute atomic E-state index is 4.77. The van der Waals surface area contributed by atoms with E-state index in [1.165, 1.54) is 5.56 Å². The Morgan fingerprint density at radius 3 is 2.68 bits per heavy atom. The highest BCUT2D eigenvalue weighted by Gasteiger charge is 2.06. The summed E-state index contributed by atoms with van der Waals surface area (Å²) in [4.78, 5) is 11.2. The molecule has 0 aliphatic heterocycles. The van der Waals surface area contributed by atoms with Gasteiger partial charge < -0.3 is 14.8 Å². The standard InChI is InChI=1S/C19H28BrN5/c1-4-21-19(24(3)15-17-7-9-18(20)10-8-17)23-11-5-6-13-25-14-12-22-16(25)2/h7-10,12,14H,4-6,11,13,15H2,1-3H3,(H,21,23). The molecule has 0 saturated heterocycles. The third-order valence-corrected chi connectivity index (χ3v) is 4.55. The number of benzene rings is 1. The fourth-order valence-electron chi connectivity index (χ4n) is 2.63. The van der Waals surface area contributed by atoms with E-state index < -0.39 is 0 Å². The van der Waals surface area contributed by atoms with Crippen LogP contribution in [0, 0.1) is 6.92 Å². The van der Waals surface area contributed by atoms with Crippen molar-refractivity contribution < 1.29 is 0 Å². The zero-order chi connectivity index (χ0) is 18.1. The lowest BCUT2D eigenvalue weighted by Gasteiger charge is -2.22. The minimum absolute atomic E-state index is 0.834. The van der Waals surface area contributed by atoms with Crippen molar-refractivity contribution in [1.82, 2.24) is 19.8 Å². The van der Waals surface area contributed by atoms with Crippen molar-refractivity contribution >= 4 is 21.9 Å². The van der Waals surface area contributed by atoms with E-state index in [1.54, 1.807) is 0 Å². The van der Waals surface area contributed by atoms with Gasteiger partial charge in [-0.3, -0.25) is 4.99 Å². The first-order chi connectivity index (χ1) is 12.1. The van der Waals surface area contributed by atoms with Crippen LogP contribution in [-0.4, -0.2) is 40.5 Å². The van der Waals surface area contributed by atoms with Crippen LogP contribution in [0.4, 0.5) is 0 Å². The number of unbranched alkanes of at least 4 members (excludes halogenated alkanes) is 1. The third kappa shape index (κ3) is 6.53. The number of imidazole rings is 1. The van der Waals surface area contributed by atoms with Gasteiger partial charge >= 0.3 is 0 Å². The molecular formula is C19H28BrN5. The Balaban J connectivity index is 1.82. The predicted molar refractivity (Wildman–Crippen MR) is 108 cm³/mol. The van der Waals surface area contributed by atoms with Gasteiger partial charge in [0.25, 0.3) is 0 Å². The van der Waals surface area contributed by atoms with Crippen molar-refractivity contribution in [2.75, 3.05) is 20.1 Å². The second kappa shape index (κ2) is 10.2. The summed E-state index contributed by atoms with van der Waals surface area (Å²) in [6, 6.07) is 8.42. The Morgan fingerprint density at radius 2 is 2.04 bits per heavy atom. The number of aromatic nitrogens is 2. The largest absolute Gasteiger partial charge is 0.357 e. The Hall–Kier alpha value is -1.82. The number of aliphatic imine (C=N–C) groups is 1. The molecule has 6 heteroatoms. The van der Waals surface area contributed by atoms with E-state index in [-0.39, 0.29) is 0 Å². The first-order valence-corrected chi connectivity index (χ1v) is 9.61. The maximum atomic E-state index is 4.77. The fraction of sp³-hybridized carbons (Fsp3) is 0.474. The van der Waals surface area contributed by atoms with E-state index in [1.807, 2.05) is 19.3 Å². The summed E-state index contributed by atoms with van der Waals surface area (Å²) >= 11 is 3.48. The number of hydrogen-bond acceptors (Lipinski definition) is 2. The first kappa shape index (κ1) is 19.5. The van der Waals surface area contributed by atoms with Gasteiger partial charge in [-0.15, -0.1) is 0 Å². The quantitative estimate of drug-likeness (QED) is 0.412. The molecule has 1 heterocycles. The molecule has 0 bridgehead atoms. The van der Waals surface area contributed by atoms with Gasteiger partial charge in [0, 0.05) is 50.1 Å². The fourth-order valence-corrected chi connectivity index (χ4v) is 2.89. The van der Waals surface area contributed by atoms with Crippen molar-refractivity contribution in [3.8, 4) is 0 Å². The summed E-state index contributed by atoms with van der Waals surface area (Å²) in [5.41, 5.74) is 1.27. The molecule has 0 radical (unpaired) electrons. The van der Waals surface area contributed by atoms with Crippen LogP contribution in [0.25, 0.3) is 0 Å². The van der Waals surface area contributed by atoms with Crippen molar-refractivity contribution in [3.63, 3.8) is 0 Å². The van der Waals surface area contributed by atoms with E-state index >= 15 is 0 Å². The molecule has 1 N–H and O–H groups in total. The Kier molecular flexibility index (Phi) is 7.98. The molecule has 25 heavy (non-hydrogen) atoms. The third-order valence-electron chi connectivity index (χ3n) is 4.02. The number of nitrogens with one attached hydrogen (secondary N) is 1. The molecule has 0 aliphatic rings. The molecule has 0 aliphatic carbocycles. The number of guanidine groups is 1. The van der Waals surface area contributed by atoms with Crippen LogP contribution in [-0.2, 0) is 13.1 Å². The molecule has 0 saturated carbocycles. The van der Waals surface area contributed by atoms with Crippen LogP contribution >= 0.6 is 15.9 Å². The Labute approximate surface area is 159 Å². The van der Waals surface area contributed by atoms with Gasteiger partial charge in [0.05, 0.1) is 0 Å². The lowest BCUT2D eigenvalue weighted by molar-refractivity contribution is 0.475. The second-order valence-electron chi connectivity index (χ2n) is 6.09. The van der Waals surface area contributed by atoms with Gasteiger partial charge in [-0.2, -0.15) is 0 Å². The van der Waals surface area contributed by atoms with Gasteiger partial charge in [-0.05, 0) is 44.4 Å². The summed E-state index contributed by atoms with van der Waals surface area (Å²) in [7, 11) is 2.08. The summed E-state index contributed by atoms with van der Waals surface area (Å²) < 4.78 is 3.29. The van der Waals surface area contributed by atoms with Crippen LogP contribution in [0.3, 0.4) is 0 Å². The van der Waals surface area contributed by atoms with Gasteiger partial charge in [0.2, 0.25) is 0 Å². The molecule has 2 rings (SSSR count). The van der Waals surface area contributed by atoms with E-state index in [0.29, 0.717) is 0 Å². The SMILES string of the molecule is CCNC(=NCCCCn1ccnc1C)N(C)Cc1ccc(Br)cc1. The van der Waals surface area contributed by atoms with Crippen LogP contribution in [0.5, 0.6) is 0 Å². The lowest BCUT2D eigenvalue weighted by atomic mass is 10.2. The summed E-state index contributed by atoms with van der Waals surface area (Å²) in [5.74, 6) is 2.04. The van der Waals surface area contributed by atoms with E-state index in [2.05, 4.69) is 73.9 Å². The molecule has 1 aromatic heterocycles. The molecular weight excluding hydrogens is 378 g/mol. The molecule has 0 unspecified atom stereocenters. The molecule has 5 nitrogen and oxygen atoms in total. The van der Waals surface area contributed by atoms with Gasteiger partial charge in [0.1, 0.15) is 5.82 Å². The zero-order valence-corrected chi connectivity index (χ0v) is 17.0. The predicted octanol–water partition coefficient (Wildman–Crippen LogP) is 3.83. The van der Waals surface area contributed by atoms with Crippen LogP contribution in [0.1, 0.15) is 31.2 Å². The number of hydrogen-bond donors (Lipinski definition) is 1. The summed E-state index contributed by atoms with van der Waals surface area (Å²) in [5, 5.41) is 3.38. The lowest BCUT2D eigenvalue weighted by Crippen LogP contribution is -2.38. The first-order valence-electron chi connectivity index (χ1n) is 8.81. The van der Waals surface area contributed by atoms with Crippen molar-refractivity contribution in [2.45, 2.75) is 39.8 Å². The molecule has 136 valence electrons. The van der Waals surface area contributed by atoms with Crippen molar-refractivity contribution in [2.24, 2.45) is 4.99 Å². The Bertz CT molecular complexity index is 663. The summed E-state index contributed by atoms with van der Waals surface area (Å²) in [6.07, 6.45) is 6.07. The van der Waals surface area contributed by atoms with E-state index in [9.17, 15) is 0 Å². The highest BCUT2D eigenvalue weighted by molar-refractivity contribution is 9.10. The monoisotopic (exact) mass is 405 g/mol. The molecule has 0 atom stereocenters. The van der Waals surface area contributed by atoms with Crippen molar-refractivity contribution in [1.29, 1.82) is 0 Å². The maximum Gasteiger partial charge on any atom is 0.193 e. The summed E-state index contributed by atoms with van der Waals surface area (Å²) in [6.45, 7) is 7.70. The van der Waals surface area contributed by atoms with Crippen LogP contribution in [0.2, 0.25) is 0 Å². The zero-order valence-electron chi connectivity index (χ0n) is 15.4. The number of aryl methyl sites for hydroxylation is 2. The average molecular weight is 406 g/mol. The average Bonchev–Trinajstić information content (AvgIpc) is 3.00. The molecule has 0 amide bonds. The molecule has 0 spiro atoms. The van der Waals surface area contributed by atoms with Gasteiger partial charge in [-0.1, -0.05) is 28.1 Å². The Morgan fingerprint density at radius 1 is 1.28 bits per heavy atom. The van der Waals surface area contributed by atoms with E-state index in [4.69, 9.17) is 4.99 Å². The second-order valence-corrected chi connectivity index (χ2v) is 7.01. The van der Waals surface area contributed by atoms with E-state index in [0.717, 1.165) is 55.3 Å². The van der Waals surface area contributed by atoms with Crippen LogP contribution in [0.15, 0.2) is 46.1 Å². The highest BCUT2D eigenvalue weighted by atomic mass is 79.9. The minimum atomic E-state index is 0.834. The molecule has 2 aromatic rings. The number of rotatable bonds is 8. The topological polar surface area (TPSA) is 45.5 Å². The van der Waals surface area contributed by atoms with Crippen LogP contribution < -0.4 is 5.32 Å². The number of halogens is 1. The smallest absolute Gasteiger partial charge is 0.193 e. The van der Waals surface area contributed by atoms with Gasteiger partial charge in [-0.25, -0.2) is 4.98 Å². The van der Waals surface area contributed by atoms with Crippen molar-refractivity contribution in [3.05, 3.63) is 52.5 Å². The van der Waals surface area contributed by atoms with Gasteiger partial charge in [0.15, 0.2) is 5.96 Å². The number of nitrogens with zero attached hydrogens (tertiary/aromatic N) is 4. The minimum Gasteiger partial charge on any atom is -0.357 e. The molecule has 1 aromatic carbocycles. The highest BCUT2D eigenvalue weighted by Crippen LogP contribution is 2.12.